The number of benzene rings is 2. The average molecular weight is 430 g/mol. The van der Waals surface area contributed by atoms with Crippen LogP contribution in [0, 0.1) is 11.7 Å². The summed E-state index contributed by atoms with van der Waals surface area (Å²) in [5.41, 5.74) is 4.55. The van der Waals surface area contributed by atoms with E-state index in [1.54, 1.807) is 6.20 Å². The quantitative estimate of drug-likeness (QED) is 0.690. The number of fused-ring (bicyclic) bond motifs is 2. The minimum atomic E-state index is -0.477. The van der Waals surface area contributed by atoms with Crippen LogP contribution < -0.4 is 5.32 Å². The highest BCUT2D eigenvalue weighted by Crippen LogP contribution is 2.28. The van der Waals surface area contributed by atoms with Crippen molar-refractivity contribution in [2.75, 3.05) is 11.9 Å². The van der Waals surface area contributed by atoms with Gasteiger partial charge in [0.25, 0.3) is 5.91 Å². The lowest BCUT2D eigenvalue weighted by molar-refractivity contribution is -0.136. The largest absolute Gasteiger partial charge is 0.338 e. The Hall–Kier alpha value is -3.61. The zero-order valence-electron chi connectivity index (χ0n) is 17.6. The van der Waals surface area contributed by atoms with E-state index in [0.717, 1.165) is 30.5 Å². The summed E-state index contributed by atoms with van der Waals surface area (Å²) in [5, 5.41) is 2.62. The fourth-order valence-electron chi connectivity index (χ4n) is 4.53. The maximum absolute atomic E-state index is 13.4. The average Bonchev–Trinajstić information content (AvgIpc) is 2.83. The molecule has 1 aromatic heterocycles. The molecular formula is C25H23FN4O2. The van der Waals surface area contributed by atoms with E-state index in [9.17, 15) is 14.0 Å². The molecule has 7 heteroatoms. The number of halogens is 1. The number of amides is 2. The molecule has 6 nitrogen and oxygen atoms in total. The van der Waals surface area contributed by atoms with Gasteiger partial charge in [0, 0.05) is 42.8 Å². The summed E-state index contributed by atoms with van der Waals surface area (Å²) < 4.78 is 13.4. The van der Waals surface area contributed by atoms with E-state index >= 15 is 0 Å². The van der Waals surface area contributed by atoms with Gasteiger partial charge in [0.2, 0.25) is 11.9 Å². The summed E-state index contributed by atoms with van der Waals surface area (Å²) in [7, 11) is 0. The fraction of sp³-hybridized carbons (Fsp3) is 0.280. The maximum atomic E-state index is 13.4. The van der Waals surface area contributed by atoms with Crippen molar-refractivity contribution in [3.05, 3.63) is 88.5 Å². The van der Waals surface area contributed by atoms with Gasteiger partial charge >= 0.3 is 0 Å². The predicted molar refractivity (Wildman–Crippen MR) is 117 cm³/mol. The molecule has 5 rings (SSSR count). The molecule has 1 atom stereocenters. The molecule has 1 aliphatic heterocycles. The Labute approximate surface area is 185 Å². The second kappa shape index (κ2) is 8.49. The molecule has 0 radical (unpaired) electrons. The Morgan fingerprint density at radius 1 is 1.03 bits per heavy atom. The Kier molecular flexibility index (Phi) is 5.39. The molecule has 0 saturated carbocycles. The van der Waals surface area contributed by atoms with Crippen LogP contribution in [0.5, 0.6) is 0 Å². The Morgan fingerprint density at radius 3 is 2.72 bits per heavy atom. The highest BCUT2D eigenvalue weighted by atomic mass is 19.1. The van der Waals surface area contributed by atoms with Crippen LogP contribution in [0.25, 0.3) is 0 Å². The third-order valence-corrected chi connectivity index (χ3v) is 6.25. The molecule has 0 bridgehead atoms. The van der Waals surface area contributed by atoms with Gasteiger partial charge in [-0.2, -0.15) is 0 Å². The van der Waals surface area contributed by atoms with Crippen LogP contribution in [0.1, 0.15) is 39.2 Å². The number of aromatic nitrogens is 2. The van der Waals surface area contributed by atoms with E-state index in [-0.39, 0.29) is 23.3 Å². The molecule has 3 aromatic rings. The van der Waals surface area contributed by atoms with Gasteiger partial charge in [-0.25, -0.2) is 14.4 Å². The lowest BCUT2D eigenvalue weighted by atomic mass is 9.83. The molecular weight excluding hydrogens is 407 g/mol. The first-order valence-electron chi connectivity index (χ1n) is 10.8. The van der Waals surface area contributed by atoms with Crippen LogP contribution in [-0.2, 0) is 30.6 Å². The fourth-order valence-corrected chi connectivity index (χ4v) is 4.53. The van der Waals surface area contributed by atoms with Crippen molar-refractivity contribution in [3.63, 3.8) is 0 Å². The minimum absolute atomic E-state index is 0.0113. The zero-order valence-corrected chi connectivity index (χ0v) is 17.6. The van der Waals surface area contributed by atoms with Crippen LogP contribution >= 0.6 is 0 Å². The summed E-state index contributed by atoms with van der Waals surface area (Å²) in [5.74, 6) is -0.558. The summed E-state index contributed by atoms with van der Waals surface area (Å²) in [4.78, 5) is 36.1. The van der Waals surface area contributed by atoms with Crippen LogP contribution in [0.2, 0.25) is 0 Å². The lowest BCUT2D eigenvalue weighted by Gasteiger charge is -2.33. The van der Waals surface area contributed by atoms with Crippen LogP contribution in [0.3, 0.4) is 0 Å². The summed E-state index contributed by atoms with van der Waals surface area (Å²) in [6.07, 6.45) is 4.88. The highest BCUT2D eigenvalue weighted by Gasteiger charge is 2.30. The number of carbonyl (C=O) groups is 2. The van der Waals surface area contributed by atoms with E-state index < -0.39 is 11.7 Å². The van der Waals surface area contributed by atoms with E-state index in [4.69, 9.17) is 0 Å². The number of aryl methyl sites for hydroxylation is 1. The molecule has 0 spiro atoms. The number of rotatable bonds is 3. The first-order chi connectivity index (χ1) is 15.6. The molecule has 2 amide bonds. The number of hydrogen-bond donors (Lipinski definition) is 1. The topological polar surface area (TPSA) is 75.2 Å². The Bertz CT molecular complexity index is 1200. The predicted octanol–water partition coefficient (Wildman–Crippen LogP) is 3.56. The van der Waals surface area contributed by atoms with Crippen LogP contribution in [0.4, 0.5) is 10.3 Å². The van der Waals surface area contributed by atoms with Crippen molar-refractivity contribution in [2.24, 2.45) is 5.92 Å². The van der Waals surface area contributed by atoms with Crippen molar-refractivity contribution >= 4 is 17.8 Å². The molecule has 1 aliphatic carbocycles. The SMILES string of the molecule is O=C(Nc1ncc2c(n1)CCN(C(=O)C1CCc3ccccc3C1)C2)c1cccc(F)c1. The van der Waals surface area contributed by atoms with E-state index in [0.29, 0.717) is 19.5 Å². The van der Waals surface area contributed by atoms with Gasteiger partial charge in [-0.05, 0) is 48.6 Å². The first kappa shape index (κ1) is 20.3. The van der Waals surface area contributed by atoms with Gasteiger partial charge < -0.3 is 4.90 Å². The number of anilines is 1. The van der Waals surface area contributed by atoms with E-state index in [2.05, 4.69) is 33.5 Å². The Balaban J connectivity index is 1.25. The number of nitrogens with zero attached hydrogens (tertiary/aromatic N) is 3. The maximum Gasteiger partial charge on any atom is 0.258 e. The monoisotopic (exact) mass is 430 g/mol. The van der Waals surface area contributed by atoms with Gasteiger partial charge in [-0.15, -0.1) is 0 Å². The van der Waals surface area contributed by atoms with Gasteiger partial charge in [0.1, 0.15) is 5.82 Å². The van der Waals surface area contributed by atoms with E-state index in [1.807, 2.05) is 11.0 Å². The van der Waals surface area contributed by atoms with Gasteiger partial charge in [0.05, 0.1) is 5.69 Å². The van der Waals surface area contributed by atoms with Crippen molar-refractivity contribution in [3.8, 4) is 0 Å². The third kappa shape index (κ3) is 4.10. The second-order valence-electron chi connectivity index (χ2n) is 8.35. The van der Waals surface area contributed by atoms with Crippen molar-refractivity contribution < 1.29 is 14.0 Å². The molecule has 0 fully saturated rings. The molecule has 2 aromatic carbocycles. The molecule has 2 heterocycles. The van der Waals surface area contributed by atoms with E-state index in [1.165, 1.54) is 35.4 Å². The van der Waals surface area contributed by atoms with Gasteiger partial charge in [-0.3, -0.25) is 14.9 Å². The lowest BCUT2D eigenvalue weighted by Crippen LogP contribution is -2.41. The molecule has 1 N–H and O–H groups in total. The van der Waals surface area contributed by atoms with Crippen LogP contribution in [0.15, 0.2) is 54.7 Å². The van der Waals surface area contributed by atoms with Crippen molar-refractivity contribution in [1.29, 1.82) is 0 Å². The molecule has 162 valence electrons. The Morgan fingerprint density at radius 2 is 1.88 bits per heavy atom. The summed E-state index contributed by atoms with van der Waals surface area (Å²) >= 11 is 0. The van der Waals surface area contributed by atoms with Gasteiger partial charge in [0.15, 0.2) is 0 Å². The number of hydrogen-bond acceptors (Lipinski definition) is 4. The second-order valence-corrected chi connectivity index (χ2v) is 8.35. The smallest absolute Gasteiger partial charge is 0.258 e. The number of nitrogens with one attached hydrogen (secondary N) is 1. The van der Waals surface area contributed by atoms with Crippen molar-refractivity contribution in [2.45, 2.75) is 32.2 Å². The molecule has 2 aliphatic rings. The molecule has 32 heavy (non-hydrogen) atoms. The van der Waals surface area contributed by atoms with Crippen molar-refractivity contribution in [1.82, 2.24) is 14.9 Å². The molecule has 0 saturated heterocycles. The number of carbonyl (C=O) groups excluding carboxylic acids is 2. The summed E-state index contributed by atoms with van der Waals surface area (Å²) in [6, 6.07) is 13.8. The van der Waals surface area contributed by atoms with Gasteiger partial charge in [-0.1, -0.05) is 30.3 Å². The first-order valence-corrected chi connectivity index (χ1v) is 10.8. The minimum Gasteiger partial charge on any atom is -0.338 e. The highest BCUT2D eigenvalue weighted by molar-refractivity contribution is 6.03. The van der Waals surface area contributed by atoms with Crippen LogP contribution in [-0.4, -0.2) is 33.2 Å². The standard InChI is InChI=1S/C25H23FN4O2/c26-21-7-3-6-18(13-21)23(31)29-25-27-14-20-15-30(11-10-22(20)28-25)24(32)19-9-8-16-4-1-2-5-17(16)12-19/h1-7,13-14,19H,8-12,15H2,(H,27,28,29,31). The third-order valence-electron chi connectivity index (χ3n) is 6.25. The summed E-state index contributed by atoms with van der Waals surface area (Å²) in [6.45, 7) is 1.07. The zero-order chi connectivity index (χ0) is 22.1. The molecule has 1 unspecified atom stereocenters. The normalized spacial score (nSPS) is 17.3.